The molecule has 1 N–H and O–H groups in total. The molecule has 0 bridgehead atoms. The van der Waals surface area contributed by atoms with E-state index in [1.165, 1.54) is 0 Å². The molecule has 0 spiro atoms. The first kappa shape index (κ1) is 8.89. The number of hydrogen-bond acceptors (Lipinski definition) is 5. The molecule has 14 heavy (non-hydrogen) atoms. The number of aliphatic hydroxyl groups is 1. The summed E-state index contributed by atoms with van der Waals surface area (Å²) in [6.45, 7) is 1.69. The second kappa shape index (κ2) is 3.22. The van der Waals surface area contributed by atoms with Gasteiger partial charge < -0.3 is 9.63 Å². The lowest BCUT2D eigenvalue weighted by Gasteiger charge is -1.93. The quantitative estimate of drug-likeness (QED) is 0.742. The summed E-state index contributed by atoms with van der Waals surface area (Å²) >= 11 is 0. The van der Waals surface area contributed by atoms with Crippen molar-refractivity contribution in [3.05, 3.63) is 17.7 Å². The molecular formula is C8H10N4O2. The molecule has 0 atom stereocenters. The Balaban J connectivity index is 2.44. The normalized spacial score (nSPS) is 10.8. The minimum Gasteiger partial charge on any atom is -0.388 e. The maximum absolute atomic E-state index is 8.77. The Labute approximate surface area is 80.2 Å². The second-order valence-electron chi connectivity index (χ2n) is 2.94. The second-order valence-corrected chi connectivity index (χ2v) is 2.94. The highest BCUT2D eigenvalue weighted by atomic mass is 16.5. The molecule has 0 aromatic carbocycles. The van der Waals surface area contributed by atoms with Crippen molar-refractivity contribution in [3.8, 4) is 11.5 Å². The van der Waals surface area contributed by atoms with Gasteiger partial charge in [-0.1, -0.05) is 5.16 Å². The Morgan fingerprint density at radius 2 is 2.36 bits per heavy atom. The molecule has 0 aliphatic rings. The standard InChI is InChI=1S/C8H10N4O2/c1-5-6(3-9-12(5)2)8-10-7(4-13)11-14-8/h3,13H,4H2,1-2H3. The van der Waals surface area contributed by atoms with E-state index in [1.54, 1.807) is 10.9 Å². The maximum Gasteiger partial charge on any atom is 0.261 e. The van der Waals surface area contributed by atoms with Gasteiger partial charge in [0.05, 0.1) is 11.8 Å². The molecule has 2 heterocycles. The van der Waals surface area contributed by atoms with Crippen LogP contribution in [0.5, 0.6) is 0 Å². The summed E-state index contributed by atoms with van der Waals surface area (Å²) in [7, 11) is 1.84. The molecular weight excluding hydrogens is 184 g/mol. The summed E-state index contributed by atoms with van der Waals surface area (Å²) in [4.78, 5) is 3.99. The van der Waals surface area contributed by atoms with Gasteiger partial charge in [0.15, 0.2) is 5.82 Å². The minimum atomic E-state index is -0.219. The van der Waals surface area contributed by atoms with Gasteiger partial charge in [0.25, 0.3) is 5.89 Å². The fourth-order valence-electron chi connectivity index (χ4n) is 1.14. The lowest BCUT2D eigenvalue weighted by Crippen LogP contribution is -1.92. The van der Waals surface area contributed by atoms with Crippen LogP contribution in [0.1, 0.15) is 11.5 Å². The smallest absolute Gasteiger partial charge is 0.261 e. The third-order valence-corrected chi connectivity index (χ3v) is 2.08. The zero-order valence-electron chi connectivity index (χ0n) is 7.93. The zero-order chi connectivity index (χ0) is 10.1. The van der Waals surface area contributed by atoms with Crippen LogP contribution in [0.2, 0.25) is 0 Å². The van der Waals surface area contributed by atoms with E-state index in [1.807, 2.05) is 14.0 Å². The predicted octanol–water partition coefficient (Wildman–Crippen LogP) is 0.271. The Kier molecular flexibility index (Phi) is 2.05. The van der Waals surface area contributed by atoms with Crippen LogP contribution in [-0.4, -0.2) is 25.0 Å². The Morgan fingerprint density at radius 1 is 1.57 bits per heavy atom. The largest absolute Gasteiger partial charge is 0.388 e. The monoisotopic (exact) mass is 194 g/mol. The summed E-state index contributed by atoms with van der Waals surface area (Å²) in [5, 5.41) is 16.4. The predicted molar refractivity (Wildman–Crippen MR) is 47.2 cm³/mol. The summed E-state index contributed by atoms with van der Waals surface area (Å²) in [5.74, 6) is 0.669. The van der Waals surface area contributed by atoms with Gasteiger partial charge in [-0.05, 0) is 6.92 Å². The lowest BCUT2D eigenvalue weighted by atomic mass is 10.2. The van der Waals surface area contributed by atoms with Crippen molar-refractivity contribution in [2.75, 3.05) is 0 Å². The third kappa shape index (κ3) is 1.29. The fourth-order valence-corrected chi connectivity index (χ4v) is 1.14. The van der Waals surface area contributed by atoms with E-state index in [2.05, 4.69) is 15.2 Å². The van der Waals surface area contributed by atoms with Crippen LogP contribution in [0.25, 0.3) is 11.5 Å². The van der Waals surface area contributed by atoms with Crippen molar-refractivity contribution in [1.82, 2.24) is 19.9 Å². The average molecular weight is 194 g/mol. The molecule has 0 saturated heterocycles. The average Bonchev–Trinajstić information content (AvgIpc) is 2.75. The molecule has 0 fully saturated rings. The molecule has 0 aliphatic carbocycles. The zero-order valence-corrected chi connectivity index (χ0v) is 7.93. The Morgan fingerprint density at radius 3 is 2.86 bits per heavy atom. The van der Waals surface area contributed by atoms with Crippen molar-refractivity contribution in [2.45, 2.75) is 13.5 Å². The van der Waals surface area contributed by atoms with Gasteiger partial charge in [0, 0.05) is 12.7 Å². The fraction of sp³-hybridized carbons (Fsp3) is 0.375. The van der Waals surface area contributed by atoms with Gasteiger partial charge in [-0.25, -0.2) is 0 Å². The van der Waals surface area contributed by atoms with Crippen LogP contribution < -0.4 is 0 Å². The minimum absolute atomic E-state index is 0.219. The number of aromatic nitrogens is 4. The molecule has 0 saturated carbocycles. The van der Waals surface area contributed by atoms with E-state index >= 15 is 0 Å². The highest BCUT2D eigenvalue weighted by molar-refractivity contribution is 5.54. The highest BCUT2D eigenvalue weighted by Crippen LogP contribution is 2.20. The van der Waals surface area contributed by atoms with Crippen LogP contribution in [0.4, 0.5) is 0 Å². The van der Waals surface area contributed by atoms with Crippen molar-refractivity contribution in [1.29, 1.82) is 0 Å². The number of hydrogen-bond donors (Lipinski definition) is 1. The number of aliphatic hydroxyl groups excluding tert-OH is 1. The van der Waals surface area contributed by atoms with Gasteiger partial charge in [0.1, 0.15) is 6.61 Å². The molecule has 2 aromatic heterocycles. The molecule has 2 aromatic rings. The van der Waals surface area contributed by atoms with Crippen LogP contribution in [0, 0.1) is 6.92 Å². The van der Waals surface area contributed by atoms with Crippen LogP contribution in [0.3, 0.4) is 0 Å². The van der Waals surface area contributed by atoms with Gasteiger partial charge in [0.2, 0.25) is 0 Å². The number of aryl methyl sites for hydroxylation is 1. The van der Waals surface area contributed by atoms with Crippen LogP contribution in [-0.2, 0) is 13.7 Å². The number of nitrogens with zero attached hydrogens (tertiary/aromatic N) is 4. The van der Waals surface area contributed by atoms with Crippen LogP contribution >= 0.6 is 0 Å². The summed E-state index contributed by atoms with van der Waals surface area (Å²) in [5.41, 5.74) is 1.73. The van der Waals surface area contributed by atoms with E-state index < -0.39 is 0 Å². The van der Waals surface area contributed by atoms with E-state index in [0.29, 0.717) is 5.89 Å². The first-order chi connectivity index (χ1) is 6.72. The van der Waals surface area contributed by atoms with Gasteiger partial charge in [-0.15, -0.1) is 0 Å². The van der Waals surface area contributed by atoms with E-state index in [0.717, 1.165) is 11.3 Å². The maximum atomic E-state index is 8.77. The first-order valence-electron chi connectivity index (χ1n) is 4.14. The third-order valence-electron chi connectivity index (χ3n) is 2.08. The first-order valence-corrected chi connectivity index (χ1v) is 4.14. The molecule has 0 unspecified atom stereocenters. The van der Waals surface area contributed by atoms with E-state index in [9.17, 15) is 0 Å². The van der Waals surface area contributed by atoms with Crippen molar-refractivity contribution >= 4 is 0 Å². The summed E-state index contributed by atoms with van der Waals surface area (Å²) < 4.78 is 6.68. The number of rotatable bonds is 2. The molecule has 74 valence electrons. The van der Waals surface area contributed by atoms with E-state index in [4.69, 9.17) is 9.63 Å². The van der Waals surface area contributed by atoms with Gasteiger partial charge >= 0.3 is 0 Å². The van der Waals surface area contributed by atoms with Crippen molar-refractivity contribution < 1.29 is 9.63 Å². The molecule has 0 radical (unpaired) electrons. The van der Waals surface area contributed by atoms with Crippen LogP contribution in [0.15, 0.2) is 10.7 Å². The SMILES string of the molecule is Cc1c(-c2nc(CO)no2)cnn1C. The summed E-state index contributed by atoms with van der Waals surface area (Å²) in [6, 6.07) is 0. The van der Waals surface area contributed by atoms with Crippen molar-refractivity contribution in [2.24, 2.45) is 7.05 Å². The summed E-state index contributed by atoms with van der Waals surface area (Å²) in [6.07, 6.45) is 1.66. The molecule has 2 rings (SSSR count). The molecule has 6 nitrogen and oxygen atoms in total. The topological polar surface area (TPSA) is 77.0 Å². The van der Waals surface area contributed by atoms with Gasteiger partial charge in [-0.2, -0.15) is 10.1 Å². The molecule has 0 aliphatic heterocycles. The Hall–Kier alpha value is -1.69. The van der Waals surface area contributed by atoms with Crippen molar-refractivity contribution in [3.63, 3.8) is 0 Å². The Bertz CT molecular complexity index is 446. The highest BCUT2D eigenvalue weighted by Gasteiger charge is 2.13. The molecule has 0 amide bonds. The van der Waals surface area contributed by atoms with Gasteiger partial charge in [-0.3, -0.25) is 4.68 Å². The van der Waals surface area contributed by atoms with E-state index in [-0.39, 0.29) is 12.4 Å². The lowest BCUT2D eigenvalue weighted by molar-refractivity contribution is 0.264. The molecule has 6 heteroatoms.